The van der Waals surface area contributed by atoms with Crippen molar-refractivity contribution in [3.8, 4) is 5.75 Å². The van der Waals surface area contributed by atoms with Gasteiger partial charge in [-0.1, -0.05) is 12.1 Å². The summed E-state index contributed by atoms with van der Waals surface area (Å²) >= 11 is 0. The third-order valence-electron chi connectivity index (χ3n) is 3.19. The number of methoxy groups -OCH3 is 1. The molecule has 1 aliphatic carbocycles. The van der Waals surface area contributed by atoms with Crippen molar-refractivity contribution in [1.82, 2.24) is 4.72 Å². The van der Waals surface area contributed by atoms with Crippen molar-refractivity contribution in [2.75, 3.05) is 7.11 Å². The van der Waals surface area contributed by atoms with Crippen molar-refractivity contribution in [2.45, 2.75) is 36.3 Å². The van der Waals surface area contributed by atoms with E-state index in [2.05, 4.69) is 4.72 Å². The largest absolute Gasteiger partial charge is 0.507 e. The van der Waals surface area contributed by atoms with Crippen LogP contribution in [0.2, 0.25) is 0 Å². The zero-order valence-corrected chi connectivity index (χ0v) is 11.0. The molecule has 5 nitrogen and oxygen atoms in total. The molecule has 0 amide bonds. The van der Waals surface area contributed by atoms with Crippen LogP contribution in [0.3, 0.4) is 0 Å². The first-order valence-corrected chi connectivity index (χ1v) is 7.34. The quantitative estimate of drug-likeness (QED) is 0.864. The Kier molecular flexibility index (Phi) is 3.89. The fourth-order valence-corrected chi connectivity index (χ4v) is 3.61. The lowest BCUT2D eigenvalue weighted by atomic mass is 10.3. The highest BCUT2D eigenvalue weighted by Gasteiger charge is 2.29. The average molecular weight is 271 g/mol. The Hall–Kier alpha value is -1.11. The fourth-order valence-electron chi connectivity index (χ4n) is 2.23. The highest BCUT2D eigenvalue weighted by atomic mass is 32.2. The molecule has 0 radical (unpaired) electrons. The van der Waals surface area contributed by atoms with Crippen LogP contribution in [0.4, 0.5) is 0 Å². The first kappa shape index (κ1) is 13.3. The molecule has 100 valence electrons. The predicted molar refractivity (Wildman–Crippen MR) is 66.9 cm³/mol. The zero-order chi connectivity index (χ0) is 13.2. The van der Waals surface area contributed by atoms with Crippen LogP contribution in [0.1, 0.15) is 19.3 Å². The fraction of sp³-hybridized carbons (Fsp3) is 0.500. The Morgan fingerprint density at radius 1 is 1.33 bits per heavy atom. The highest BCUT2D eigenvalue weighted by molar-refractivity contribution is 7.89. The molecular weight excluding hydrogens is 254 g/mol. The van der Waals surface area contributed by atoms with Gasteiger partial charge in [-0.25, -0.2) is 13.1 Å². The first-order valence-electron chi connectivity index (χ1n) is 5.86. The van der Waals surface area contributed by atoms with Gasteiger partial charge in [-0.3, -0.25) is 0 Å². The van der Waals surface area contributed by atoms with Crippen LogP contribution in [0.15, 0.2) is 29.2 Å². The van der Waals surface area contributed by atoms with Crippen molar-refractivity contribution >= 4 is 10.0 Å². The molecule has 6 heteroatoms. The van der Waals surface area contributed by atoms with Gasteiger partial charge in [-0.15, -0.1) is 0 Å². The van der Waals surface area contributed by atoms with E-state index in [4.69, 9.17) is 4.74 Å². The third kappa shape index (κ3) is 2.82. The summed E-state index contributed by atoms with van der Waals surface area (Å²) in [7, 11) is -2.03. The van der Waals surface area contributed by atoms with Crippen molar-refractivity contribution in [3.63, 3.8) is 0 Å². The second-order valence-electron chi connectivity index (χ2n) is 4.46. The van der Waals surface area contributed by atoms with Gasteiger partial charge in [0.2, 0.25) is 10.0 Å². The summed E-state index contributed by atoms with van der Waals surface area (Å²) in [6, 6.07) is 5.80. The molecule has 2 unspecified atom stereocenters. The summed E-state index contributed by atoms with van der Waals surface area (Å²) in [4.78, 5) is -0.0779. The molecule has 0 heterocycles. The molecule has 0 saturated heterocycles. The lowest BCUT2D eigenvalue weighted by molar-refractivity contribution is 0.107. The van der Waals surface area contributed by atoms with Gasteiger partial charge in [0, 0.05) is 13.2 Å². The summed E-state index contributed by atoms with van der Waals surface area (Å²) in [6.07, 6.45) is 2.39. The summed E-state index contributed by atoms with van der Waals surface area (Å²) in [5.74, 6) is -0.230. The van der Waals surface area contributed by atoms with Gasteiger partial charge in [0.25, 0.3) is 0 Å². The Labute approximate surface area is 107 Å². The van der Waals surface area contributed by atoms with Gasteiger partial charge in [-0.05, 0) is 31.4 Å². The van der Waals surface area contributed by atoms with Crippen LogP contribution in [-0.4, -0.2) is 32.8 Å². The van der Waals surface area contributed by atoms with Crippen molar-refractivity contribution < 1.29 is 18.3 Å². The monoisotopic (exact) mass is 271 g/mol. The third-order valence-corrected chi connectivity index (χ3v) is 4.76. The Bertz CT molecular complexity index is 515. The molecule has 2 N–H and O–H groups in total. The second-order valence-corrected chi connectivity index (χ2v) is 6.14. The number of aromatic hydroxyl groups is 1. The van der Waals surface area contributed by atoms with E-state index in [1.807, 2.05) is 0 Å². The lowest BCUT2D eigenvalue weighted by Crippen LogP contribution is -2.33. The number of phenols is 1. The van der Waals surface area contributed by atoms with E-state index in [-0.39, 0.29) is 22.8 Å². The SMILES string of the molecule is COC1CCC(NS(=O)(=O)c2ccccc2O)C1. The number of hydrogen-bond donors (Lipinski definition) is 2. The topological polar surface area (TPSA) is 75.6 Å². The normalized spacial score (nSPS) is 24.3. The molecule has 1 aliphatic rings. The molecule has 2 atom stereocenters. The van der Waals surface area contributed by atoms with Gasteiger partial charge in [-0.2, -0.15) is 0 Å². The highest BCUT2D eigenvalue weighted by Crippen LogP contribution is 2.26. The predicted octanol–water partition coefficient (Wildman–Crippen LogP) is 1.24. The minimum atomic E-state index is -3.66. The summed E-state index contributed by atoms with van der Waals surface area (Å²) in [5, 5.41) is 9.57. The molecule has 0 aromatic heterocycles. The minimum Gasteiger partial charge on any atom is -0.507 e. The van der Waals surface area contributed by atoms with E-state index in [0.717, 1.165) is 12.8 Å². The smallest absolute Gasteiger partial charge is 0.244 e. The van der Waals surface area contributed by atoms with Gasteiger partial charge in [0.05, 0.1) is 6.10 Å². The van der Waals surface area contributed by atoms with Crippen molar-refractivity contribution in [2.24, 2.45) is 0 Å². The first-order chi connectivity index (χ1) is 8.53. The molecule has 1 aromatic rings. The van der Waals surface area contributed by atoms with E-state index in [1.54, 1.807) is 19.2 Å². The molecule has 0 aliphatic heterocycles. The second kappa shape index (κ2) is 5.26. The summed E-state index contributed by atoms with van der Waals surface area (Å²) in [5.41, 5.74) is 0. The molecule has 1 saturated carbocycles. The Balaban J connectivity index is 2.11. The molecule has 18 heavy (non-hydrogen) atoms. The van der Waals surface area contributed by atoms with E-state index >= 15 is 0 Å². The van der Waals surface area contributed by atoms with Gasteiger partial charge in [0.1, 0.15) is 10.6 Å². The van der Waals surface area contributed by atoms with E-state index in [0.29, 0.717) is 6.42 Å². The maximum absolute atomic E-state index is 12.1. The van der Waals surface area contributed by atoms with Crippen molar-refractivity contribution in [3.05, 3.63) is 24.3 Å². The number of para-hydroxylation sites is 1. The van der Waals surface area contributed by atoms with Crippen molar-refractivity contribution in [1.29, 1.82) is 0 Å². The molecule has 0 spiro atoms. The minimum absolute atomic E-state index is 0.0779. The van der Waals surface area contributed by atoms with Gasteiger partial charge < -0.3 is 9.84 Å². The lowest BCUT2D eigenvalue weighted by Gasteiger charge is -2.14. The molecule has 2 rings (SSSR count). The van der Waals surface area contributed by atoms with E-state index < -0.39 is 10.0 Å². The van der Waals surface area contributed by atoms with Crippen LogP contribution >= 0.6 is 0 Å². The standard InChI is InChI=1S/C12H17NO4S/c1-17-10-7-6-9(8-10)13-18(15,16)12-5-3-2-4-11(12)14/h2-5,9-10,13-14H,6-8H2,1H3. The van der Waals surface area contributed by atoms with Crippen LogP contribution in [0.5, 0.6) is 5.75 Å². The Morgan fingerprint density at radius 3 is 2.67 bits per heavy atom. The van der Waals surface area contributed by atoms with E-state index in [9.17, 15) is 13.5 Å². The van der Waals surface area contributed by atoms with Crippen LogP contribution < -0.4 is 4.72 Å². The number of benzene rings is 1. The number of hydrogen-bond acceptors (Lipinski definition) is 4. The number of ether oxygens (including phenoxy) is 1. The summed E-state index contributed by atoms with van der Waals surface area (Å²) in [6.45, 7) is 0. The molecular formula is C12H17NO4S. The van der Waals surface area contributed by atoms with Crippen LogP contribution in [0, 0.1) is 0 Å². The van der Waals surface area contributed by atoms with Crippen LogP contribution in [0.25, 0.3) is 0 Å². The maximum atomic E-state index is 12.1. The van der Waals surface area contributed by atoms with Gasteiger partial charge >= 0.3 is 0 Å². The van der Waals surface area contributed by atoms with E-state index in [1.165, 1.54) is 12.1 Å². The summed E-state index contributed by atoms with van der Waals surface area (Å²) < 4.78 is 32.0. The maximum Gasteiger partial charge on any atom is 0.244 e. The number of phenolic OH excluding ortho intramolecular Hbond substituents is 1. The average Bonchev–Trinajstić information content (AvgIpc) is 2.76. The van der Waals surface area contributed by atoms with Crippen LogP contribution in [-0.2, 0) is 14.8 Å². The molecule has 1 aromatic carbocycles. The number of rotatable bonds is 4. The molecule has 1 fully saturated rings. The van der Waals surface area contributed by atoms with Gasteiger partial charge in [0.15, 0.2) is 0 Å². The number of nitrogens with one attached hydrogen (secondary N) is 1. The molecule has 0 bridgehead atoms. The number of sulfonamides is 1. The zero-order valence-electron chi connectivity index (χ0n) is 10.2. The Morgan fingerprint density at radius 2 is 2.06 bits per heavy atom.